The van der Waals surface area contributed by atoms with Gasteiger partial charge in [-0.05, 0) is 23.8 Å². The minimum Gasteiger partial charge on any atom is -0.494 e. The highest BCUT2D eigenvalue weighted by molar-refractivity contribution is 6.22. The van der Waals surface area contributed by atoms with E-state index in [1.165, 1.54) is 17.0 Å². The Morgan fingerprint density at radius 1 is 1.00 bits per heavy atom. The maximum Gasteiger partial charge on any atom is 0.270 e. The van der Waals surface area contributed by atoms with Gasteiger partial charge in [-0.3, -0.25) is 24.6 Å². The number of likely N-dealkylation sites (tertiary alicyclic amines) is 1. The number of imide groups is 1. The first-order valence-electron chi connectivity index (χ1n) is 11.0. The summed E-state index contributed by atoms with van der Waals surface area (Å²) in [7, 11) is 0. The summed E-state index contributed by atoms with van der Waals surface area (Å²) in [6, 6.07) is 20.7. The van der Waals surface area contributed by atoms with E-state index in [0.29, 0.717) is 33.4 Å². The van der Waals surface area contributed by atoms with Crippen LogP contribution in [0.5, 0.6) is 5.88 Å². The van der Waals surface area contributed by atoms with E-state index < -0.39 is 4.92 Å². The molecule has 1 saturated heterocycles. The smallest absolute Gasteiger partial charge is 0.270 e. The molecule has 174 valence electrons. The zero-order valence-electron chi connectivity index (χ0n) is 18.5. The number of hydrogen-bond acceptors (Lipinski definition) is 6. The standard InChI is InChI=1S/C26H20N4O5/c31-22-12-13-23(32)29(22)15-16-6-8-18(9-7-16)27-25(17-4-2-1-3-5-17)24-20-14-19(30(34)35)10-11-21(20)28-26(24)33/h1-11,14,28,33H,12-13,15H2. The number of nitrogens with one attached hydrogen (secondary N) is 1. The number of aliphatic imine (C=N–C) groups is 1. The summed E-state index contributed by atoms with van der Waals surface area (Å²) in [4.78, 5) is 43.6. The first-order valence-corrected chi connectivity index (χ1v) is 11.0. The van der Waals surface area contributed by atoms with Crippen LogP contribution in [-0.4, -0.2) is 37.4 Å². The van der Waals surface area contributed by atoms with Crippen molar-refractivity contribution in [1.82, 2.24) is 9.88 Å². The van der Waals surface area contributed by atoms with Crippen molar-refractivity contribution in [3.05, 3.63) is 99.6 Å². The molecule has 1 aliphatic rings. The number of rotatable bonds is 6. The molecule has 2 heterocycles. The first-order chi connectivity index (χ1) is 16.9. The fourth-order valence-corrected chi connectivity index (χ4v) is 4.17. The van der Waals surface area contributed by atoms with E-state index in [4.69, 9.17) is 4.99 Å². The van der Waals surface area contributed by atoms with Gasteiger partial charge in [-0.15, -0.1) is 0 Å². The van der Waals surface area contributed by atoms with Crippen molar-refractivity contribution < 1.29 is 19.6 Å². The van der Waals surface area contributed by atoms with Gasteiger partial charge >= 0.3 is 0 Å². The third-order valence-corrected chi connectivity index (χ3v) is 5.93. The third-order valence-electron chi connectivity index (χ3n) is 5.93. The topological polar surface area (TPSA) is 129 Å². The number of fused-ring (bicyclic) bond motifs is 1. The van der Waals surface area contributed by atoms with E-state index in [0.717, 1.165) is 5.56 Å². The van der Waals surface area contributed by atoms with Crippen molar-refractivity contribution in [2.24, 2.45) is 4.99 Å². The van der Waals surface area contributed by atoms with Gasteiger partial charge in [-0.2, -0.15) is 0 Å². The van der Waals surface area contributed by atoms with Gasteiger partial charge in [-0.25, -0.2) is 4.99 Å². The maximum atomic E-state index is 11.9. The molecule has 0 bridgehead atoms. The number of amides is 2. The number of non-ortho nitro benzene ring substituents is 1. The van der Waals surface area contributed by atoms with Crippen LogP contribution in [0.15, 0.2) is 77.8 Å². The number of carbonyl (C=O) groups excluding carboxylic acids is 2. The molecular formula is C26H20N4O5. The van der Waals surface area contributed by atoms with Gasteiger partial charge in [-0.1, -0.05) is 42.5 Å². The number of nitrogens with zero attached hydrogens (tertiary/aromatic N) is 3. The van der Waals surface area contributed by atoms with E-state index in [1.54, 1.807) is 30.3 Å². The Bertz CT molecular complexity index is 1470. The zero-order chi connectivity index (χ0) is 24.5. The second-order valence-corrected chi connectivity index (χ2v) is 8.20. The van der Waals surface area contributed by atoms with Gasteiger partial charge in [0.2, 0.25) is 11.8 Å². The Kier molecular flexibility index (Phi) is 5.58. The second kappa shape index (κ2) is 8.86. The largest absolute Gasteiger partial charge is 0.494 e. The summed E-state index contributed by atoms with van der Waals surface area (Å²) in [5, 5.41) is 22.6. The average molecular weight is 468 g/mol. The minimum atomic E-state index is -0.485. The highest BCUT2D eigenvalue weighted by Gasteiger charge is 2.28. The number of carbonyl (C=O) groups is 2. The summed E-state index contributed by atoms with van der Waals surface area (Å²) < 4.78 is 0. The van der Waals surface area contributed by atoms with Crippen LogP contribution < -0.4 is 0 Å². The molecule has 1 aromatic heterocycles. The molecule has 0 saturated carbocycles. The number of nitro benzene ring substituents is 1. The van der Waals surface area contributed by atoms with Crippen LogP contribution in [0.4, 0.5) is 11.4 Å². The number of benzene rings is 3. The summed E-state index contributed by atoms with van der Waals surface area (Å²) >= 11 is 0. The Morgan fingerprint density at radius 2 is 1.69 bits per heavy atom. The molecule has 0 atom stereocenters. The summed E-state index contributed by atoms with van der Waals surface area (Å²) in [6.45, 7) is 0.208. The number of aromatic hydroxyl groups is 1. The molecule has 2 amide bonds. The maximum absolute atomic E-state index is 11.9. The molecule has 35 heavy (non-hydrogen) atoms. The Morgan fingerprint density at radius 3 is 2.34 bits per heavy atom. The number of aromatic amines is 1. The fraction of sp³-hybridized carbons (Fsp3) is 0.115. The zero-order valence-corrected chi connectivity index (χ0v) is 18.5. The molecule has 1 fully saturated rings. The van der Waals surface area contributed by atoms with Crippen molar-refractivity contribution in [2.45, 2.75) is 19.4 Å². The van der Waals surface area contributed by atoms with E-state index in [-0.39, 0.29) is 42.8 Å². The molecule has 9 heteroatoms. The first kappa shape index (κ1) is 22.0. The molecule has 0 radical (unpaired) electrons. The number of hydrogen-bond donors (Lipinski definition) is 2. The van der Waals surface area contributed by atoms with Crippen molar-refractivity contribution in [3.8, 4) is 5.88 Å². The molecule has 2 N–H and O–H groups in total. The van der Waals surface area contributed by atoms with E-state index in [2.05, 4.69) is 4.98 Å². The monoisotopic (exact) mass is 468 g/mol. The normalized spacial score (nSPS) is 14.2. The van der Waals surface area contributed by atoms with E-state index in [9.17, 15) is 24.8 Å². The Labute approximate surface area is 199 Å². The van der Waals surface area contributed by atoms with Crippen molar-refractivity contribution in [3.63, 3.8) is 0 Å². The summed E-state index contributed by atoms with van der Waals surface area (Å²) in [5.41, 5.74) is 3.32. The molecule has 0 spiro atoms. The fourth-order valence-electron chi connectivity index (χ4n) is 4.17. The lowest BCUT2D eigenvalue weighted by molar-refractivity contribution is -0.384. The highest BCUT2D eigenvalue weighted by Crippen LogP contribution is 2.33. The van der Waals surface area contributed by atoms with Gasteiger partial charge in [0.25, 0.3) is 5.69 Å². The molecule has 1 aliphatic heterocycles. The predicted octanol–water partition coefficient (Wildman–Crippen LogP) is 4.60. The van der Waals surface area contributed by atoms with E-state index >= 15 is 0 Å². The van der Waals surface area contributed by atoms with E-state index in [1.807, 2.05) is 30.3 Å². The quantitative estimate of drug-likeness (QED) is 0.185. The highest BCUT2D eigenvalue weighted by atomic mass is 16.6. The number of H-pyrrole nitrogens is 1. The van der Waals surface area contributed by atoms with Gasteiger partial charge in [0, 0.05) is 41.4 Å². The van der Waals surface area contributed by atoms with Gasteiger partial charge < -0.3 is 10.1 Å². The van der Waals surface area contributed by atoms with Crippen LogP contribution in [0.3, 0.4) is 0 Å². The van der Waals surface area contributed by atoms with Gasteiger partial charge in [0.15, 0.2) is 5.88 Å². The summed E-state index contributed by atoms with van der Waals surface area (Å²) in [6.07, 6.45) is 0.488. The van der Waals surface area contributed by atoms with Gasteiger partial charge in [0.05, 0.1) is 28.4 Å². The van der Waals surface area contributed by atoms with Crippen LogP contribution in [-0.2, 0) is 16.1 Å². The molecule has 9 nitrogen and oxygen atoms in total. The molecule has 5 rings (SSSR count). The van der Waals surface area contributed by atoms with Crippen LogP contribution in [0.2, 0.25) is 0 Å². The molecule has 4 aromatic rings. The molecule has 0 aliphatic carbocycles. The van der Waals surface area contributed by atoms with Crippen molar-refractivity contribution >= 4 is 39.8 Å². The van der Waals surface area contributed by atoms with Crippen molar-refractivity contribution in [1.29, 1.82) is 0 Å². The lowest BCUT2D eigenvalue weighted by Gasteiger charge is -2.13. The molecular weight excluding hydrogens is 448 g/mol. The summed E-state index contributed by atoms with van der Waals surface area (Å²) in [5.74, 6) is -0.495. The number of nitro groups is 1. The minimum absolute atomic E-state index is 0.0967. The lowest BCUT2D eigenvalue weighted by atomic mass is 10.0. The van der Waals surface area contributed by atoms with Gasteiger partial charge in [0.1, 0.15) is 0 Å². The third kappa shape index (κ3) is 4.26. The second-order valence-electron chi connectivity index (χ2n) is 8.20. The molecule has 3 aromatic carbocycles. The Balaban J connectivity index is 1.57. The SMILES string of the molecule is O=C1CCC(=O)N1Cc1ccc(N=C(c2ccccc2)c2c(O)[nH]c3ccc([N+](=O)[O-])cc23)cc1. The van der Waals surface area contributed by atoms with Crippen LogP contribution in [0.25, 0.3) is 10.9 Å². The van der Waals surface area contributed by atoms with Crippen LogP contribution in [0, 0.1) is 10.1 Å². The van der Waals surface area contributed by atoms with Crippen molar-refractivity contribution in [2.75, 3.05) is 0 Å². The molecule has 0 unspecified atom stereocenters. The predicted molar refractivity (Wildman–Crippen MR) is 130 cm³/mol. The van der Waals surface area contributed by atoms with Crippen LogP contribution in [0.1, 0.15) is 29.5 Å². The number of aromatic nitrogens is 1. The average Bonchev–Trinajstić information content (AvgIpc) is 3.36. The van der Waals surface area contributed by atoms with Crippen LogP contribution >= 0.6 is 0 Å². The lowest BCUT2D eigenvalue weighted by Crippen LogP contribution is -2.28. The Hall–Kier alpha value is -4.79.